The zero-order chi connectivity index (χ0) is 13.2. The number of hydrogen-bond donors (Lipinski definition) is 1. The molecule has 100 valence electrons. The summed E-state index contributed by atoms with van der Waals surface area (Å²) in [6.07, 6.45) is 3.45. The Balaban J connectivity index is 1.74. The average Bonchev–Trinajstić information content (AvgIpc) is 3.05. The fraction of sp³-hybridized carbons (Fsp3) is 0.545. The van der Waals surface area contributed by atoms with Gasteiger partial charge in [0.15, 0.2) is 5.82 Å². The van der Waals surface area contributed by atoms with Gasteiger partial charge in [0.05, 0.1) is 6.54 Å². The Bertz CT molecular complexity index is 587. The van der Waals surface area contributed by atoms with E-state index in [4.69, 9.17) is 0 Å². The third-order valence-corrected chi connectivity index (χ3v) is 3.14. The van der Waals surface area contributed by atoms with E-state index < -0.39 is 0 Å². The molecule has 8 heteroatoms. The van der Waals surface area contributed by atoms with Crippen molar-refractivity contribution in [2.75, 3.05) is 6.54 Å². The molecule has 1 aliphatic heterocycles. The lowest BCUT2D eigenvalue weighted by Crippen LogP contribution is -2.38. The normalized spacial score (nSPS) is 14.5. The smallest absolute Gasteiger partial charge is 0.293 e. The molecule has 2 aromatic heterocycles. The summed E-state index contributed by atoms with van der Waals surface area (Å²) in [5, 5.41) is 14.6. The van der Waals surface area contributed by atoms with Crippen molar-refractivity contribution < 1.29 is 4.79 Å². The maximum absolute atomic E-state index is 12.3. The largest absolute Gasteiger partial charge is 0.327 e. The van der Waals surface area contributed by atoms with Crippen molar-refractivity contribution in [1.82, 2.24) is 34.8 Å². The maximum Gasteiger partial charge on any atom is 0.293 e. The minimum Gasteiger partial charge on any atom is -0.327 e. The van der Waals surface area contributed by atoms with E-state index in [9.17, 15) is 4.79 Å². The van der Waals surface area contributed by atoms with E-state index in [0.717, 1.165) is 24.5 Å². The van der Waals surface area contributed by atoms with Gasteiger partial charge in [0.2, 0.25) is 5.82 Å². The molecule has 0 saturated carbocycles. The fourth-order valence-corrected chi connectivity index (χ4v) is 2.12. The van der Waals surface area contributed by atoms with E-state index in [0.29, 0.717) is 19.6 Å². The molecule has 3 heterocycles. The molecule has 0 atom stereocenters. The first-order chi connectivity index (χ1) is 9.28. The highest BCUT2D eigenvalue weighted by Gasteiger charge is 2.25. The zero-order valence-corrected chi connectivity index (χ0v) is 10.7. The van der Waals surface area contributed by atoms with Crippen molar-refractivity contribution in [2.24, 2.45) is 0 Å². The molecule has 0 radical (unpaired) electrons. The Hall–Kier alpha value is -2.25. The number of aryl methyl sites for hydroxylation is 1. The van der Waals surface area contributed by atoms with Crippen LogP contribution in [0.25, 0.3) is 0 Å². The summed E-state index contributed by atoms with van der Waals surface area (Å²) in [7, 11) is 0. The van der Waals surface area contributed by atoms with Gasteiger partial charge in [0.25, 0.3) is 5.91 Å². The summed E-state index contributed by atoms with van der Waals surface area (Å²) < 4.78 is 1.95. The van der Waals surface area contributed by atoms with E-state index in [1.54, 1.807) is 11.2 Å². The van der Waals surface area contributed by atoms with Crippen molar-refractivity contribution in [3.05, 3.63) is 23.8 Å². The first-order valence-electron chi connectivity index (χ1n) is 6.35. The first-order valence-corrected chi connectivity index (χ1v) is 6.35. The summed E-state index contributed by atoms with van der Waals surface area (Å²) in [4.78, 5) is 18.2. The van der Waals surface area contributed by atoms with Gasteiger partial charge in [-0.2, -0.15) is 0 Å². The minimum absolute atomic E-state index is 0.159. The molecule has 0 unspecified atom stereocenters. The third-order valence-electron chi connectivity index (χ3n) is 3.14. The van der Waals surface area contributed by atoms with E-state index in [2.05, 4.69) is 32.3 Å². The van der Waals surface area contributed by atoms with Gasteiger partial charge in [-0.1, -0.05) is 6.92 Å². The van der Waals surface area contributed by atoms with Crippen LogP contribution in [0.5, 0.6) is 0 Å². The lowest BCUT2D eigenvalue weighted by atomic mass is 10.3. The molecule has 1 amide bonds. The Labute approximate surface area is 109 Å². The van der Waals surface area contributed by atoms with Crippen molar-refractivity contribution in [3.8, 4) is 0 Å². The predicted octanol–water partition coefficient (Wildman–Crippen LogP) is 0.00470. The summed E-state index contributed by atoms with van der Waals surface area (Å²) in [6, 6.07) is 0. The number of H-pyrrole nitrogens is 1. The molecule has 3 rings (SSSR count). The van der Waals surface area contributed by atoms with Crippen molar-refractivity contribution in [1.29, 1.82) is 0 Å². The molecule has 1 N–H and O–H groups in total. The fourth-order valence-electron chi connectivity index (χ4n) is 2.12. The Morgan fingerprint density at radius 2 is 2.37 bits per heavy atom. The van der Waals surface area contributed by atoms with E-state index in [1.807, 2.05) is 4.57 Å². The number of fused-ring (bicyclic) bond motifs is 1. The molecule has 0 spiro atoms. The van der Waals surface area contributed by atoms with Gasteiger partial charge < -0.3 is 9.47 Å². The molecular weight excluding hydrogens is 246 g/mol. The monoisotopic (exact) mass is 261 g/mol. The van der Waals surface area contributed by atoms with Crippen LogP contribution in [0, 0.1) is 0 Å². The number of amides is 1. The van der Waals surface area contributed by atoms with Crippen molar-refractivity contribution >= 4 is 5.91 Å². The van der Waals surface area contributed by atoms with E-state index in [1.165, 1.54) is 0 Å². The maximum atomic E-state index is 12.3. The van der Waals surface area contributed by atoms with Crippen LogP contribution in [0.3, 0.4) is 0 Å². The average molecular weight is 261 g/mol. The number of rotatable bonds is 3. The van der Waals surface area contributed by atoms with Crippen LogP contribution < -0.4 is 0 Å². The highest BCUT2D eigenvalue weighted by molar-refractivity contribution is 5.90. The van der Waals surface area contributed by atoms with Gasteiger partial charge in [0, 0.05) is 19.5 Å². The van der Waals surface area contributed by atoms with Crippen LogP contribution in [0.1, 0.15) is 35.6 Å². The molecule has 8 nitrogen and oxygen atoms in total. The number of carbonyl (C=O) groups excluding carboxylic acids is 1. The second-order valence-corrected chi connectivity index (χ2v) is 4.52. The van der Waals surface area contributed by atoms with Crippen LogP contribution in [0.2, 0.25) is 0 Å². The summed E-state index contributed by atoms with van der Waals surface area (Å²) in [5.41, 5.74) is 0. The van der Waals surface area contributed by atoms with Crippen LogP contribution in [0.15, 0.2) is 6.33 Å². The van der Waals surface area contributed by atoms with Crippen LogP contribution in [-0.2, 0) is 19.5 Å². The van der Waals surface area contributed by atoms with Crippen LogP contribution >= 0.6 is 0 Å². The SMILES string of the molecule is CCCc1nc(C(=O)N2CCn3cnnc3C2)n[nH]1. The molecule has 0 aliphatic carbocycles. The predicted molar refractivity (Wildman–Crippen MR) is 65.1 cm³/mol. The molecular formula is C11H15N7O. The molecule has 2 aromatic rings. The molecule has 0 saturated heterocycles. The van der Waals surface area contributed by atoms with Gasteiger partial charge in [-0.15, -0.1) is 15.3 Å². The first kappa shape index (κ1) is 11.8. The minimum atomic E-state index is -0.159. The summed E-state index contributed by atoms with van der Waals surface area (Å²) >= 11 is 0. The van der Waals surface area contributed by atoms with Crippen LogP contribution in [-0.4, -0.2) is 47.3 Å². The molecule has 0 bridgehead atoms. The standard InChI is InChI=1S/C11H15N7O/c1-2-3-8-13-10(16-14-8)11(19)17-4-5-18-7-12-15-9(18)6-17/h7H,2-6H2,1H3,(H,13,14,16). The lowest BCUT2D eigenvalue weighted by Gasteiger charge is -2.25. The zero-order valence-electron chi connectivity index (χ0n) is 10.7. The highest BCUT2D eigenvalue weighted by atomic mass is 16.2. The second-order valence-electron chi connectivity index (χ2n) is 4.52. The summed E-state index contributed by atoms with van der Waals surface area (Å²) in [6.45, 7) is 3.85. The number of hydrogen-bond acceptors (Lipinski definition) is 5. The Kier molecular flexibility index (Phi) is 2.98. The van der Waals surface area contributed by atoms with Gasteiger partial charge >= 0.3 is 0 Å². The second kappa shape index (κ2) is 4.79. The summed E-state index contributed by atoms with van der Waals surface area (Å²) in [5.74, 6) is 1.62. The van der Waals surface area contributed by atoms with Crippen molar-refractivity contribution in [3.63, 3.8) is 0 Å². The van der Waals surface area contributed by atoms with Gasteiger partial charge in [-0.3, -0.25) is 9.89 Å². The Morgan fingerprint density at radius 1 is 1.47 bits per heavy atom. The number of nitrogens with one attached hydrogen (secondary N) is 1. The quantitative estimate of drug-likeness (QED) is 0.839. The number of aromatic amines is 1. The lowest BCUT2D eigenvalue weighted by molar-refractivity contribution is 0.0695. The highest BCUT2D eigenvalue weighted by Crippen LogP contribution is 2.11. The van der Waals surface area contributed by atoms with Crippen molar-refractivity contribution in [2.45, 2.75) is 32.9 Å². The Morgan fingerprint density at radius 3 is 3.21 bits per heavy atom. The number of aromatic nitrogens is 6. The van der Waals surface area contributed by atoms with Gasteiger partial charge in [-0.05, 0) is 6.42 Å². The third kappa shape index (κ3) is 2.20. The number of nitrogens with zero attached hydrogens (tertiary/aromatic N) is 6. The van der Waals surface area contributed by atoms with E-state index in [-0.39, 0.29) is 11.7 Å². The molecule has 1 aliphatic rings. The van der Waals surface area contributed by atoms with Crippen LogP contribution in [0.4, 0.5) is 0 Å². The van der Waals surface area contributed by atoms with E-state index >= 15 is 0 Å². The molecule has 0 fully saturated rings. The van der Waals surface area contributed by atoms with Gasteiger partial charge in [0.1, 0.15) is 12.2 Å². The van der Waals surface area contributed by atoms with Gasteiger partial charge in [-0.25, -0.2) is 4.98 Å². The topological polar surface area (TPSA) is 92.6 Å². The number of carbonyl (C=O) groups is 1. The molecule has 0 aromatic carbocycles. The molecule has 19 heavy (non-hydrogen) atoms.